The topological polar surface area (TPSA) is 50.2 Å². The van der Waals surface area contributed by atoms with Gasteiger partial charge in [0.25, 0.3) is 0 Å². The highest BCUT2D eigenvalue weighted by molar-refractivity contribution is 7.17. The van der Waals surface area contributed by atoms with Crippen LogP contribution in [0.2, 0.25) is 9.36 Å². The van der Waals surface area contributed by atoms with E-state index >= 15 is 0 Å². The molecule has 0 bridgehead atoms. The van der Waals surface area contributed by atoms with Gasteiger partial charge >= 0.3 is 0 Å². The van der Waals surface area contributed by atoms with Gasteiger partial charge in [-0.25, -0.2) is 0 Å². The molecule has 0 aliphatic heterocycles. The highest BCUT2D eigenvalue weighted by atomic mass is 35.5. The van der Waals surface area contributed by atoms with Crippen LogP contribution in [0, 0.1) is 5.92 Å². The van der Waals surface area contributed by atoms with Gasteiger partial charge in [0, 0.05) is 39.0 Å². The van der Waals surface area contributed by atoms with Crippen LogP contribution >= 0.6 is 34.5 Å². The number of thiophene rings is 1. The van der Waals surface area contributed by atoms with Gasteiger partial charge in [-0.15, -0.1) is 11.3 Å². The zero-order chi connectivity index (χ0) is 21.0. The first-order valence-corrected chi connectivity index (χ1v) is 10.9. The second kappa shape index (κ2) is 9.68. The molecule has 150 valence electrons. The molecule has 3 aromatic rings. The molecule has 0 aliphatic rings. The van der Waals surface area contributed by atoms with Gasteiger partial charge in [-0.3, -0.25) is 9.78 Å². The summed E-state index contributed by atoms with van der Waals surface area (Å²) < 4.78 is 0.631. The number of hydrogen-bond acceptors (Lipinski definition) is 4. The predicted octanol–water partition coefficient (Wildman–Crippen LogP) is 6.87. The number of aromatic nitrogens is 1. The van der Waals surface area contributed by atoms with Gasteiger partial charge in [0.05, 0.1) is 4.34 Å². The van der Waals surface area contributed by atoms with Crippen LogP contribution in [0.3, 0.4) is 0 Å². The minimum absolute atomic E-state index is 0.0363. The fourth-order valence-corrected chi connectivity index (χ4v) is 4.59. The Morgan fingerprint density at radius 1 is 1.17 bits per heavy atom. The van der Waals surface area contributed by atoms with Gasteiger partial charge in [-0.2, -0.15) is 0 Å². The minimum atomic E-state index is -1.12. The minimum Gasteiger partial charge on any atom is -0.383 e. The van der Waals surface area contributed by atoms with Crippen molar-refractivity contribution in [3.63, 3.8) is 0 Å². The molecule has 0 saturated heterocycles. The normalized spacial score (nSPS) is 14.2. The van der Waals surface area contributed by atoms with E-state index < -0.39 is 6.10 Å². The van der Waals surface area contributed by atoms with Crippen LogP contribution in [-0.2, 0) is 0 Å². The fourth-order valence-electron chi connectivity index (χ4n) is 3.19. The Hall–Kier alpha value is -1.98. The van der Waals surface area contributed by atoms with Crippen LogP contribution in [-0.4, -0.2) is 15.9 Å². The Labute approximate surface area is 184 Å². The summed E-state index contributed by atoms with van der Waals surface area (Å²) in [7, 11) is 0. The summed E-state index contributed by atoms with van der Waals surface area (Å²) in [5.41, 5.74) is 2.11. The lowest BCUT2D eigenvalue weighted by atomic mass is 9.84. The Bertz CT molecular complexity index is 1030. The Balaban J connectivity index is 2.27. The number of hydrogen-bond donors (Lipinski definition) is 1. The predicted molar refractivity (Wildman–Crippen MR) is 121 cm³/mol. The monoisotopic (exact) mass is 445 g/mol. The number of rotatable bonds is 7. The lowest BCUT2D eigenvalue weighted by Crippen LogP contribution is -2.17. The van der Waals surface area contributed by atoms with Crippen molar-refractivity contribution in [1.29, 1.82) is 0 Å². The van der Waals surface area contributed by atoms with Crippen molar-refractivity contribution in [2.45, 2.75) is 26.4 Å². The number of Topliss-reactive ketones (excluding diaryl/α,β-unsaturated/α-hetero) is 1. The molecule has 0 radical (unpaired) electrons. The molecule has 0 spiro atoms. The summed E-state index contributed by atoms with van der Waals surface area (Å²) in [6.45, 7) is 4.10. The van der Waals surface area contributed by atoms with E-state index in [1.165, 1.54) is 11.3 Å². The number of allylic oxidation sites excluding steroid dienone is 1. The number of aliphatic hydroxyl groups excluding tert-OH is 1. The van der Waals surface area contributed by atoms with Crippen LogP contribution < -0.4 is 0 Å². The first kappa shape index (κ1) is 21.7. The van der Waals surface area contributed by atoms with Crippen LogP contribution in [0.4, 0.5) is 0 Å². The largest absolute Gasteiger partial charge is 0.383 e. The molecule has 0 amide bonds. The smallest absolute Gasteiger partial charge is 0.192 e. The number of pyridine rings is 1. The zero-order valence-corrected chi connectivity index (χ0v) is 18.4. The van der Waals surface area contributed by atoms with Crippen LogP contribution in [0.5, 0.6) is 0 Å². The molecule has 0 saturated carbocycles. The second-order valence-corrected chi connectivity index (χ2v) is 8.92. The van der Waals surface area contributed by atoms with Gasteiger partial charge in [0.2, 0.25) is 0 Å². The fraction of sp³-hybridized carbons (Fsp3) is 0.217. The molecule has 2 unspecified atom stereocenters. The van der Waals surface area contributed by atoms with Gasteiger partial charge in [-0.05, 0) is 48.2 Å². The number of carbonyl (C=O) groups is 1. The summed E-state index contributed by atoms with van der Waals surface area (Å²) in [5, 5.41) is 11.8. The average molecular weight is 446 g/mol. The molecule has 0 fully saturated rings. The first-order chi connectivity index (χ1) is 13.9. The third kappa shape index (κ3) is 4.96. The van der Waals surface area contributed by atoms with Gasteiger partial charge < -0.3 is 5.11 Å². The number of carbonyl (C=O) groups excluding carboxylic acids is 1. The van der Waals surface area contributed by atoms with Crippen molar-refractivity contribution < 1.29 is 9.90 Å². The van der Waals surface area contributed by atoms with E-state index in [-0.39, 0.29) is 11.7 Å². The van der Waals surface area contributed by atoms with Crippen molar-refractivity contribution in [2.75, 3.05) is 0 Å². The molecular weight excluding hydrogens is 425 g/mol. The summed E-state index contributed by atoms with van der Waals surface area (Å²) in [6, 6.07) is 14.0. The second-order valence-electron chi connectivity index (χ2n) is 6.77. The molecule has 2 heterocycles. The molecule has 3 nitrogen and oxygen atoms in total. The quantitative estimate of drug-likeness (QED) is 0.318. The van der Waals surface area contributed by atoms with Crippen LogP contribution in [0.15, 0.2) is 66.5 Å². The van der Waals surface area contributed by atoms with Crippen molar-refractivity contribution in [3.8, 4) is 0 Å². The Morgan fingerprint density at radius 3 is 2.55 bits per heavy atom. The van der Waals surface area contributed by atoms with E-state index in [1.807, 2.05) is 19.1 Å². The Kier molecular flexibility index (Phi) is 7.25. The maximum atomic E-state index is 13.6. The van der Waals surface area contributed by atoms with E-state index in [1.54, 1.807) is 48.8 Å². The third-order valence-electron chi connectivity index (χ3n) is 4.84. The van der Waals surface area contributed by atoms with Gasteiger partial charge in [0.1, 0.15) is 6.10 Å². The third-order valence-corrected chi connectivity index (χ3v) is 6.34. The first-order valence-electron chi connectivity index (χ1n) is 9.30. The van der Waals surface area contributed by atoms with E-state index in [0.29, 0.717) is 26.1 Å². The van der Waals surface area contributed by atoms with E-state index in [2.05, 4.69) is 11.9 Å². The number of ketones is 1. The number of benzene rings is 1. The summed E-state index contributed by atoms with van der Waals surface area (Å²) in [4.78, 5) is 18.6. The number of nitrogens with zero attached hydrogens (tertiary/aromatic N) is 1. The molecule has 29 heavy (non-hydrogen) atoms. The lowest BCUT2D eigenvalue weighted by molar-refractivity contribution is 0.0987. The van der Waals surface area contributed by atoms with Crippen molar-refractivity contribution in [1.82, 2.24) is 4.98 Å². The highest BCUT2D eigenvalue weighted by Crippen LogP contribution is 2.40. The molecule has 0 aliphatic carbocycles. The van der Waals surface area contributed by atoms with Crippen molar-refractivity contribution >= 4 is 45.9 Å². The molecule has 2 atom stereocenters. The van der Waals surface area contributed by atoms with Crippen LogP contribution in [0.25, 0.3) is 5.57 Å². The maximum absolute atomic E-state index is 13.6. The summed E-state index contributed by atoms with van der Waals surface area (Å²) in [6.07, 6.45) is 2.88. The van der Waals surface area contributed by atoms with Gasteiger partial charge in [0.15, 0.2) is 5.78 Å². The molecule has 1 N–H and O–H groups in total. The van der Waals surface area contributed by atoms with Crippen molar-refractivity contribution in [2.24, 2.45) is 5.92 Å². The van der Waals surface area contributed by atoms with Gasteiger partial charge in [-0.1, -0.05) is 55.2 Å². The van der Waals surface area contributed by atoms with Crippen molar-refractivity contribution in [3.05, 3.63) is 91.9 Å². The highest BCUT2D eigenvalue weighted by Gasteiger charge is 2.29. The number of halogens is 2. The average Bonchev–Trinajstić information content (AvgIpc) is 3.16. The Morgan fingerprint density at radius 2 is 1.97 bits per heavy atom. The standard InChI is InChI=1S/C23H21Cl2NO2S/c1-3-14(2)20(18-9-10-19(25)29-18)21(23(28)16-7-5-11-26-13-16)22(27)15-6-4-8-17(24)12-15/h4-14,23,28H,3H2,1-2H3/b21-20-. The number of aliphatic hydroxyl groups is 1. The van der Waals surface area contributed by atoms with E-state index in [0.717, 1.165) is 16.9 Å². The van der Waals surface area contributed by atoms with E-state index in [4.69, 9.17) is 23.2 Å². The summed E-state index contributed by atoms with van der Waals surface area (Å²) in [5.74, 6) is -0.224. The van der Waals surface area contributed by atoms with Crippen LogP contribution in [0.1, 0.15) is 47.2 Å². The van der Waals surface area contributed by atoms with E-state index in [9.17, 15) is 9.90 Å². The lowest BCUT2D eigenvalue weighted by Gasteiger charge is -2.23. The maximum Gasteiger partial charge on any atom is 0.192 e. The molecule has 2 aromatic heterocycles. The zero-order valence-electron chi connectivity index (χ0n) is 16.1. The molecule has 3 rings (SSSR count). The summed E-state index contributed by atoms with van der Waals surface area (Å²) >= 11 is 13.7. The molecule has 1 aromatic carbocycles. The molecular formula is C23H21Cl2NO2S. The molecule has 6 heteroatoms. The SMILES string of the molecule is CCC(C)/C(=C(\C(=O)c1cccc(Cl)c1)C(O)c1cccnc1)c1ccc(Cl)s1.